The van der Waals surface area contributed by atoms with E-state index in [2.05, 4.69) is 14.7 Å². The topological polar surface area (TPSA) is 92.3 Å². The highest BCUT2D eigenvalue weighted by molar-refractivity contribution is 7.92. The number of halogens is 3. The van der Waals surface area contributed by atoms with Gasteiger partial charge in [-0.25, -0.2) is 9.97 Å². The van der Waals surface area contributed by atoms with Crippen LogP contribution >= 0.6 is 0 Å². The van der Waals surface area contributed by atoms with Gasteiger partial charge in [0.2, 0.25) is 0 Å². The van der Waals surface area contributed by atoms with Crippen LogP contribution in [0.15, 0.2) is 59.6 Å². The zero-order chi connectivity index (χ0) is 29.1. The summed E-state index contributed by atoms with van der Waals surface area (Å²) in [6.07, 6.45) is -5.01. The van der Waals surface area contributed by atoms with Crippen molar-refractivity contribution in [3.05, 3.63) is 65.7 Å². The monoisotopic (exact) mass is 548 g/mol. The number of pyridine rings is 2. The number of nitrogens with one attached hydrogen (secondary N) is 1. The maximum atomic E-state index is 14.0. The molecule has 1 aromatic carbocycles. The predicted octanol–water partition coefficient (Wildman–Crippen LogP) is 5.87. The Labute approximate surface area is 223 Å². The highest BCUT2D eigenvalue weighted by Crippen LogP contribution is 2.38. The van der Waals surface area contributed by atoms with Crippen molar-refractivity contribution in [2.75, 3.05) is 22.7 Å². The summed E-state index contributed by atoms with van der Waals surface area (Å²) in [6, 6.07) is 11.9. The maximum Gasteiger partial charge on any atom is 0.418 e. The second-order valence-electron chi connectivity index (χ2n) is 9.00. The van der Waals surface area contributed by atoms with Crippen LogP contribution in [-0.4, -0.2) is 37.3 Å². The number of Topliss-reactive ketones (excluding diaryl/α,β-unsaturated/α-hetero) is 1. The number of alkyl halides is 3. The molecule has 202 valence electrons. The fourth-order valence-electron chi connectivity index (χ4n) is 4.22. The Hall–Kier alpha value is -3.47. The van der Waals surface area contributed by atoms with E-state index in [4.69, 9.17) is 2.74 Å². The molecule has 1 N–H and O–H groups in total. The van der Waals surface area contributed by atoms with Crippen molar-refractivity contribution >= 4 is 27.4 Å². The van der Waals surface area contributed by atoms with Gasteiger partial charge in [-0.1, -0.05) is 36.8 Å². The summed E-state index contributed by atoms with van der Waals surface area (Å²) in [6.45, 7) is 2.34. The van der Waals surface area contributed by atoms with Crippen LogP contribution in [0.1, 0.15) is 52.9 Å². The molecule has 0 saturated carbocycles. The Kier molecular flexibility index (Phi) is 7.52. The minimum Gasteiger partial charge on any atom is -0.357 e. The second-order valence-corrected chi connectivity index (χ2v) is 10.6. The van der Waals surface area contributed by atoms with E-state index < -0.39 is 33.8 Å². The van der Waals surface area contributed by atoms with E-state index in [0.717, 1.165) is 12.1 Å². The molecular formula is C27H29F3N4O3S. The van der Waals surface area contributed by atoms with Gasteiger partial charge in [-0.3, -0.25) is 4.72 Å². The third-order valence-corrected chi connectivity index (χ3v) is 7.31. The molecule has 0 amide bonds. The van der Waals surface area contributed by atoms with Crippen LogP contribution in [0.2, 0.25) is 0 Å². The quantitative estimate of drug-likeness (QED) is 0.439. The summed E-state index contributed by atoms with van der Waals surface area (Å²) in [5, 5.41) is -0.339. The van der Waals surface area contributed by atoms with Gasteiger partial charge in [0.15, 0.2) is 5.03 Å². The van der Waals surface area contributed by atoms with E-state index in [-0.39, 0.29) is 34.2 Å². The van der Waals surface area contributed by atoms with Gasteiger partial charge in [-0.15, -0.1) is 0 Å². The SMILES string of the molecule is [2H]C1([2H])CCCCN(CCCC(C)=O)c2cccc(n2)S(=O)(=O)Nc2ccc(C(F)(F)F)c(n2)-c2ccccc21. The lowest BCUT2D eigenvalue weighted by atomic mass is 9.96. The Morgan fingerprint density at radius 1 is 1.05 bits per heavy atom. The van der Waals surface area contributed by atoms with E-state index in [1.807, 2.05) is 4.90 Å². The predicted molar refractivity (Wildman–Crippen MR) is 139 cm³/mol. The van der Waals surface area contributed by atoms with Crippen LogP contribution < -0.4 is 9.62 Å². The molecule has 1 aliphatic rings. The molecule has 0 fully saturated rings. The number of hydrogen-bond acceptors (Lipinski definition) is 6. The molecule has 38 heavy (non-hydrogen) atoms. The fourth-order valence-corrected chi connectivity index (χ4v) is 5.19. The van der Waals surface area contributed by atoms with Crippen LogP contribution in [-0.2, 0) is 27.4 Å². The number of carbonyl (C=O) groups excluding carboxylic acids is 1. The summed E-state index contributed by atoms with van der Waals surface area (Å²) in [7, 11) is -4.35. The highest BCUT2D eigenvalue weighted by atomic mass is 32.2. The average Bonchev–Trinajstić information content (AvgIpc) is 2.88. The van der Waals surface area contributed by atoms with E-state index in [9.17, 15) is 26.4 Å². The summed E-state index contributed by atoms with van der Waals surface area (Å²) in [4.78, 5) is 21.7. The normalized spacial score (nSPS) is 17.9. The van der Waals surface area contributed by atoms with E-state index in [0.29, 0.717) is 44.6 Å². The number of aromatic nitrogens is 2. The van der Waals surface area contributed by atoms with E-state index in [1.54, 1.807) is 12.1 Å². The number of carbonyl (C=O) groups is 1. The number of sulfonamides is 1. The van der Waals surface area contributed by atoms with Gasteiger partial charge in [0.1, 0.15) is 17.4 Å². The molecule has 3 heterocycles. The largest absolute Gasteiger partial charge is 0.418 e. The van der Waals surface area contributed by atoms with E-state index in [1.165, 1.54) is 37.3 Å². The number of ketones is 1. The minimum atomic E-state index is -4.82. The van der Waals surface area contributed by atoms with Crippen LogP contribution in [0.4, 0.5) is 24.8 Å². The van der Waals surface area contributed by atoms with Gasteiger partial charge in [-0.05, 0) is 62.4 Å². The molecule has 3 aromatic rings. The molecule has 4 rings (SSSR count). The molecule has 0 saturated heterocycles. The van der Waals surface area contributed by atoms with Crippen molar-refractivity contribution in [3.8, 4) is 11.3 Å². The number of benzene rings is 1. The van der Waals surface area contributed by atoms with Gasteiger partial charge in [0, 0.05) is 27.8 Å². The summed E-state index contributed by atoms with van der Waals surface area (Å²) in [5.41, 5.74) is -1.72. The van der Waals surface area contributed by atoms with Crippen LogP contribution in [0.3, 0.4) is 0 Å². The molecule has 0 unspecified atom stereocenters. The van der Waals surface area contributed by atoms with E-state index >= 15 is 0 Å². The number of rotatable bonds is 4. The molecule has 1 aliphatic heterocycles. The van der Waals surface area contributed by atoms with Crippen molar-refractivity contribution < 1.29 is 29.1 Å². The first kappa shape index (κ1) is 24.8. The van der Waals surface area contributed by atoms with Crippen molar-refractivity contribution in [3.63, 3.8) is 0 Å². The molecule has 0 spiro atoms. The highest BCUT2D eigenvalue weighted by Gasteiger charge is 2.35. The molecule has 0 atom stereocenters. The molecule has 7 nitrogen and oxygen atoms in total. The molecule has 0 radical (unpaired) electrons. The van der Waals surface area contributed by atoms with Crippen molar-refractivity contribution in [2.24, 2.45) is 0 Å². The second kappa shape index (κ2) is 11.5. The number of fused-ring (bicyclic) bond motifs is 6. The summed E-state index contributed by atoms with van der Waals surface area (Å²) >= 11 is 0. The third kappa shape index (κ3) is 6.69. The van der Waals surface area contributed by atoms with Crippen LogP contribution in [0.25, 0.3) is 11.3 Å². The van der Waals surface area contributed by atoms with Gasteiger partial charge >= 0.3 is 6.18 Å². The summed E-state index contributed by atoms with van der Waals surface area (Å²) in [5.74, 6) is 0.0158. The Balaban J connectivity index is 1.85. The smallest absolute Gasteiger partial charge is 0.357 e. The number of nitrogens with zero attached hydrogens (tertiary/aromatic N) is 3. The van der Waals surface area contributed by atoms with Crippen LogP contribution in [0.5, 0.6) is 0 Å². The number of anilines is 2. The van der Waals surface area contributed by atoms with Crippen molar-refractivity contribution in [1.29, 1.82) is 0 Å². The summed E-state index contributed by atoms with van der Waals surface area (Å²) < 4.78 is 88.3. The standard InChI is InChI=1S/C27H29F3N4O3S/c1-19(35)9-8-18-34-17-6-2-3-10-20-11-4-5-12-21(20)26-22(27(28,29)30)15-16-23(31-26)33-38(36,37)25-14-7-13-24(34)32-25/h4-5,7,11-16H,2-3,6,8-10,17-18H2,1H3,(H,31,33)/i10D2. The lowest BCUT2D eigenvalue weighted by molar-refractivity contribution is -0.137. The lowest BCUT2D eigenvalue weighted by Crippen LogP contribution is -2.28. The Bertz CT molecular complexity index is 1500. The molecule has 4 bridgehead atoms. The third-order valence-electron chi connectivity index (χ3n) is 6.06. The molecular weight excluding hydrogens is 517 g/mol. The van der Waals surface area contributed by atoms with Crippen molar-refractivity contribution in [1.82, 2.24) is 9.97 Å². The van der Waals surface area contributed by atoms with Crippen LogP contribution in [0, 0.1) is 0 Å². The first-order valence-corrected chi connectivity index (χ1v) is 13.7. The fraction of sp³-hybridized carbons (Fsp3) is 0.370. The zero-order valence-corrected chi connectivity index (χ0v) is 21.6. The van der Waals surface area contributed by atoms with Gasteiger partial charge in [0.25, 0.3) is 10.0 Å². The molecule has 0 aliphatic carbocycles. The maximum absolute atomic E-state index is 14.0. The van der Waals surface area contributed by atoms with Crippen molar-refractivity contribution in [2.45, 2.75) is 56.6 Å². The average molecular weight is 549 g/mol. The molecule has 11 heteroatoms. The first-order chi connectivity index (χ1) is 18.8. The lowest BCUT2D eigenvalue weighted by Gasteiger charge is -2.24. The first-order valence-electron chi connectivity index (χ1n) is 13.2. The Morgan fingerprint density at radius 2 is 1.84 bits per heavy atom. The van der Waals surface area contributed by atoms with Gasteiger partial charge in [0.05, 0.1) is 11.3 Å². The minimum absolute atomic E-state index is 0.0261. The van der Waals surface area contributed by atoms with Gasteiger partial charge < -0.3 is 9.69 Å². The zero-order valence-electron chi connectivity index (χ0n) is 22.8. The molecule has 2 aromatic heterocycles. The Morgan fingerprint density at radius 3 is 2.61 bits per heavy atom. The van der Waals surface area contributed by atoms with Gasteiger partial charge in [-0.2, -0.15) is 21.6 Å². The number of hydrogen-bond donors (Lipinski definition) is 1. The number of aryl methyl sites for hydroxylation is 1.